The monoisotopic (exact) mass is 1310 g/mol. The number of hydrogen-bond donors (Lipinski definition) is 0. The molecule has 0 aliphatic carbocycles. The molecule has 0 radical (unpaired) electrons. The van der Waals surface area contributed by atoms with Gasteiger partial charge >= 0.3 is 0 Å². The number of rotatable bonds is 48. The molecule has 96 heavy (non-hydrogen) atoms. The van der Waals surface area contributed by atoms with Crippen LogP contribution in [-0.4, -0.2) is 85.3 Å². The standard InChI is InChI=1S/C83H107N3O10/c1-4-5-6-7-8-9-10-11-12-13-17-35-48-77(90-59-71-49-53-74(87-2)54-50-71)79(91-63-72-51-55-75(88-3)56-52-72)76(86-57-73(84-85-86)47-34-16-14-15-23-36-66-37-24-18-25-38-66)64-95-83-82(94-62-70-45-32-22-33-46-70)81(93-61-69-43-30-21-31-44-69)80(92-60-68-41-28-20-29-42-68)78(96-83)65-89-58-67-39-26-19-27-40-67/h18-22,24-33,37-46,49-57,76-83H,4-17,23,34-36,47-48,58-65H2,1-3H3/t76-,77+,78?,79-,80-,81-,82+,83-/m0/s1. The maximum atomic E-state index is 7.49. The van der Waals surface area contributed by atoms with E-state index in [0.717, 1.165) is 108 Å². The molecule has 514 valence electrons. The van der Waals surface area contributed by atoms with Gasteiger partial charge in [0.1, 0.15) is 48.1 Å². The van der Waals surface area contributed by atoms with E-state index >= 15 is 0 Å². The minimum absolute atomic E-state index is 0.0761. The van der Waals surface area contributed by atoms with Gasteiger partial charge in [0, 0.05) is 6.20 Å². The van der Waals surface area contributed by atoms with Crippen molar-refractivity contribution in [2.75, 3.05) is 27.4 Å². The van der Waals surface area contributed by atoms with Gasteiger partial charge in [-0.15, -0.1) is 5.10 Å². The molecule has 7 aromatic carbocycles. The molecule has 0 spiro atoms. The van der Waals surface area contributed by atoms with E-state index in [4.69, 9.17) is 57.7 Å². The van der Waals surface area contributed by atoms with Gasteiger partial charge < -0.3 is 47.4 Å². The number of benzene rings is 7. The molecular weight excluding hydrogens is 1200 g/mol. The molecular formula is C83H107N3O10. The van der Waals surface area contributed by atoms with Gasteiger partial charge in [-0.05, 0) is 95.3 Å². The van der Waals surface area contributed by atoms with Crippen molar-refractivity contribution in [2.45, 2.75) is 224 Å². The highest BCUT2D eigenvalue weighted by atomic mass is 16.7. The molecule has 0 bridgehead atoms. The fourth-order valence-corrected chi connectivity index (χ4v) is 12.6. The lowest BCUT2D eigenvalue weighted by atomic mass is 9.97. The molecule has 1 aromatic heterocycles. The van der Waals surface area contributed by atoms with E-state index in [-0.39, 0.29) is 33.0 Å². The van der Waals surface area contributed by atoms with Gasteiger partial charge in [0.15, 0.2) is 6.29 Å². The van der Waals surface area contributed by atoms with Gasteiger partial charge in [-0.1, -0.05) is 284 Å². The molecule has 8 aromatic rings. The first-order chi connectivity index (χ1) is 47.5. The lowest BCUT2D eigenvalue weighted by molar-refractivity contribution is -0.331. The Kier molecular flexibility index (Phi) is 33.0. The Morgan fingerprint density at radius 1 is 0.406 bits per heavy atom. The van der Waals surface area contributed by atoms with Crippen molar-refractivity contribution in [2.24, 2.45) is 0 Å². The number of ether oxygens (including phenoxy) is 10. The Bertz CT molecular complexity index is 3240. The molecule has 8 atom stereocenters. The molecule has 0 N–H and O–H groups in total. The Balaban J connectivity index is 1.06. The molecule has 1 aliphatic rings. The van der Waals surface area contributed by atoms with Crippen LogP contribution < -0.4 is 9.47 Å². The second-order valence-electron chi connectivity index (χ2n) is 25.7. The minimum Gasteiger partial charge on any atom is -0.497 e. The van der Waals surface area contributed by atoms with E-state index in [0.29, 0.717) is 19.8 Å². The quantitative estimate of drug-likeness (QED) is 0.0337. The first kappa shape index (κ1) is 73.2. The molecule has 0 amide bonds. The number of unbranched alkanes of at least 4 members (excludes halogenated alkanes) is 15. The molecule has 0 saturated carbocycles. The number of aromatic nitrogens is 3. The van der Waals surface area contributed by atoms with Gasteiger partial charge in [-0.2, -0.15) is 0 Å². The Morgan fingerprint density at radius 3 is 1.34 bits per heavy atom. The average molecular weight is 1310 g/mol. The molecule has 1 fully saturated rings. The zero-order valence-corrected chi connectivity index (χ0v) is 57.5. The molecule has 1 aliphatic heterocycles. The van der Waals surface area contributed by atoms with Gasteiger partial charge in [-0.3, -0.25) is 0 Å². The van der Waals surface area contributed by atoms with E-state index in [1.165, 1.54) is 76.2 Å². The van der Waals surface area contributed by atoms with Crippen molar-refractivity contribution >= 4 is 0 Å². The summed E-state index contributed by atoms with van der Waals surface area (Å²) in [7, 11) is 3.38. The van der Waals surface area contributed by atoms with Gasteiger partial charge in [0.2, 0.25) is 0 Å². The van der Waals surface area contributed by atoms with Crippen molar-refractivity contribution in [1.29, 1.82) is 0 Å². The van der Waals surface area contributed by atoms with E-state index in [9.17, 15) is 0 Å². The van der Waals surface area contributed by atoms with Crippen molar-refractivity contribution in [3.63, 3.8) is 0 Å². The summed E-state index contributed by atoms with van der Waals surface area (Å²) in [6, 6.07) is 67.3. The molecule has 1 saturated heterocycles. The Hall–Kier alpha value is -7.04. The third-order valence-corrected chi connectivity index (χ3v) is 18.2. The van der Waals surface area contributed by atoms with E-state index in [1.807, 2.05) is 102 Å². The molecule has 1 unspecified atom stereocenters. The van der Waals surface area contributed by atoms with Crippen molar-refractivity contribution in [3.05, 3.63) is 251 Å². The van der Waals surface area contributed by atoms with Crippen LogP contribution in [0.25, 0.3) is 0 Å². The van der Waals surface area contributed by atoms with Crippen LogP contribution in [-0.2, 0) is 90.4 Å². The third-order valence-electron chi connectivity index (χ3n) is 18.2. The molecule has 13 nitrogen and oxygen atoms in total. The first-order valence-electron chi connectivity index (χ1n) is 35.8. The lowest BCUT2D eigenvalue weighted by Gasteiger charge is -2.46. The molecule has 2 heterocycles. The second kappa shape index (κ2) is 43.3. The highest BCUT2D eigenvalue weighted by Gasteiger charge is 2.50. The van der Waals surface area contributed by atoms with Crippen LogP contribution in [0, 0.1) is 0 Å². The first-order valence-corrected chi connectivity index (χ1v) is 35.8. The summed E-state index contributed by atoms with van der Waals surface area (Å²) in [6.07, 6.45) is 20.4. The molecule has 9 rings (SSSR count). The summed E-state index contributed by atoms with van der Waals surface area (Å²) >= 11 is 0. The zero-order chi connectivity index (χ0) is 66.3. The van der Waals surface area contributed by atoms with Crippen LogP contribution in [0.15, 0.2) is 206 Å². The maximum Gasteiger partial charge on any atom is 0.187 e. The largest absolute Gasteiger partial charge is 0.497 e. The zero-order valence-electron chi connectivity index (χ0n) is 57.5. The summed E-state index contributed by atoms with van der Waals surface area (Å²) in [5, 5.41) is 9.96. The van der Waals surface area contributed by atoms with Crippen LogP contribution in [0.1, 0.15) is 173 Å². The fraction of sp³-hybridized carbons (Fsp3) is 0.470. The van der Waals surface area contributed by atoms with Crippen LogP contribution in [0.5, 0.6) is 11.5 Å². The lowest BCUT2D eigenvalue weighted by Crippen LogP contribution is -2.62. The smallest absolute Gasteiger partial charge is 0.187 e. The van der Waals surface area contributed by atoms with E-state index in [1.54, 1.807) is 14.2 Å². The highest BCUT2D eigenvalue weighted by Crippen LogP contribution is 2.35. The van der Waals surface area contributed by atoms with Crippen molar-refractivity contribution < 1.29 is 47.4 Å². The third kappa shape index (κ3) is 25.8. The van der Waals surface area contributed by atoms with Crippen molar-refractivity contribution in [3.8, 4) is 11.5 Å². The number of hydrogen-bond acceptors (Lipinski definition) is 12. The predicted molar refractivity (Wildman–Crippen MR) is 381 cm³/mol. The SMILES string of the molecule is CCCCCCCCCCCCCC[C@@H](OCc1ccc(OC)cc1)[C@@H](OCc1ccc(OC)cc1)[C@H](CO[C@H]1OC(COCc2ccccc2)[C@H](OCc2ccccc2)[C@H](OCc2ccccc2)[C@H]1OCc1ccccc1)n1cc(CCCCCCCc2ccccc2)nn1. The van der Waals surface area contributed by atoms with E-state index < -0.39 is 49.0 Å². The van der Waals surface area contributed by atoms with Gasteiger partial charge in [0.25, 0.3) is 0 Å². The Morgan fingerprint density at radius 2 is 0.833 bits per heavy atom. The number of aryl methyl sites for hydroxylation is 2. The van der Waals surface area contributed by atoms with Crippen LogP contribution >= 0.6 is 0 Å². The number of methoxy groups -OCH3 is 2. The van der Waals surface area contributed by atoms with Crippen LogP contribution in [0.2, 0.25) is 0 Å². The van der Waals surface area contributed by atoms with Crippen LogP contribution in [0.3, 0.4) is 0 Å². The number of nitrogens with zero attached hydrogens (tertiary/aromatic N) is 3. The summed E-state index contributed by atoms with van der Waals surface area (Å²) in [5.41, 5.74) is 8.40. The highest BCUT2D eigenvalue weighted by molar-refractivity contribution is 5.28. The van der Waals surface area contributed by atoms with Crippen LogP contribution in [0.4, 0.5) is 0 Å². The maximum absolute atomic E-state index is 7.49. The van der Waals surface area contributed by atoms with Gasteiger partial charge in [0.05, 0.1) is 78.9 Å². The average Bonchev–Trinajstić information content (AvgIpc) is 0.998. The van der Waals surface area contributed by atoms with Gasteiger partial charge in [-0.25, -0.2) is 4.68 Å². The predicted octanol–water partition coefficient (Wildman–Crippen LogP) is 18.5. The second-order valence-corrected chi connectivity index (χ2v) is 25.7. The Labute approximate surface area is 573 Å². The summed E-state index contributed by atoms with van der Waals surface area (Å²) in [6.45, 7) is 4.42. The van der Waals surface area contributed by atoms with Crippen molar-refractivity contribution in [1.82, 2.24) is 15.0 Å². The summed E-state index contributed by atoms with van der Waals surface area (Å²) in [5.74, 6) is 1.56. The minimum atomic E-state index is -0.999. The fourth-order valence-electron chi connectivity index (χ4n) is 12.6. The normalized spacial score (nSPS) is 17.3. The summed E-state index contributed by atoms with van der Waals surface area (Å²) < 4.78 is 70.9. The van der Waals surface area contributed by atoms with E-state index in [2.05, 4.69) is 116 Å². The topological polar surface area (TPSA) is 123 Å². The molecule has 13 heteroatoms. The summed E-state index contributed by atoms with van der Waals surface area (Å²) in [4.78, 5) is 0.